The van der Waals surface area contributed by atoms with Crippen LogP contribution >= 0.6 is 15.9 Å². The molecule has 0 amide bonds. The van der Waals surface area contributed by atoms with Gasteiger partial charge in [-0.3, -0.25) is 0 Å². The van der Waals surface area contributed by atoms with Crippen molar-refractivity contribution in [3.05, 3.63) is 52.0 Å². The van der Waals surface area contributed by atoms with Crippen molar-refractivity contribution in [3.63, 3.8) is 0 Å². The van der Waals surface area contributed by atoms with Gasteiger partial charge in [-0.25, -0.2) is 8.78 Å². The van der Waals surface area contributed by atoms with E-state index in [1.807, 2.05) is 0 Å². The predicted octanol–water partition coefficient (Wildman–Crippen LogP) is 4.05. The molecule has 0 heterocycles. The zero-order valence-corrected chi connectivity index (χ0v) is 12.2. The van der Waals surface area contributed by atoms with Crippen molar-refractivity contribution < 1.29 is 18.6 Å². The number of ether oxygens (including phenoxy) is 1. The van der Waals surface area contributed by atoms with Crippen LogP contribution in [0.2, 0.25) is 0 Å². The van der Waals surface area contributed by atoms with Crippen LogP contribution in [0.4, 0.5) is 14.5 Å². The highest BCUT2D eigenvalue weighted by Gasteiger charge is 2.10. The number of phenolic OH excluding ortho intramolecular Hbond substituents is 1. The monoisotopic (exact) mass is 343 g/mol. The Morgan fingerprint density at radius 3 is 2.65 bits per heavy atom. The molecular weight excluding hydrogens is 332 g/mol. The zero-order valence-electron chi connectivity index (χ0n) is 10.6. The van der Waals surface area contributed by atoms with E-state index in [0.29, 0.717) is 16.8 Å². The largest absolute Gasteiger partial charge is 0.504 e. The third kappa shape index (κ3) is 3.19. The third-order valence-corrected chi connectivity index (χ3v) is 3.35. The van der Waals surface area contributed by atoms with Gasteiger partial charge in [-0.05, 0) is 39.7 Å². The van der Waals surface area contributed by atoms with Crippen LogP contribution in [-0.4, -0.2) is 12.2 Å². The molecule has 0 aliphatic rings. The lowest BCUT2D eigenvalue weighted by atomic mass is 10.2. The number of methoxy groups -OCH3 is 1. The van der Waals surface area contributed by atoms with Crippen LogP contribution in [-0.2, 0) is 6.54 Å². The van der Waals surface area contributed by atoms with Crippen LogP contribution in [0.15, 0.2) is 34.8 Å². The summed E-state index contributed by atoms with van der Waals surface area (Å²) >= 11 is 3.10. The molecule has 0 saturated heterocycles. The van der Waals surface area contributed by atoms with Gasteiger partial charge in [0.25, 0.3) is 0 Å². The van der Waals surface area contributed by atoms with Gasteiger partial charge < -0.3 is 15.2 Å². The summed E-state index contributed by atoms with van der Waals surface area (Å²) in [4.78, 5) is 0. The maximum Gasteiger partial charge on any atom is 0.160 e. The SMILES string of the molecule is COc1cc(CNc2c(F)cc(F)cc2Br)ccc1O. The zero-order chi connectivity index (χ0) is 14.7. The molecule has 0 bridgehead atoms. The number of halogens is 3. The first-order chi connectivity index (χ1) is 9.51. The first-order valence-electron chi connectivity index (χ1n) is 5.75. The van der Waals surface area contributed by atoms with Crippen LogP contribution in [0.1, 0.15) is 5.56 Å². The minimum absolute atomic E-state index is 0.0328. The van der Waals surface area contributed by atoms with Crippen molar-refractivity contribution in [2.75, 3.05) is 12.4 Å². The Bertz CT molecular complexity index is 612. The van der Waals surface area contributed by atoms with E-state index >= 15 is 0 Å². The Morgan fingerprint density at radius 1 is 1.25 bits per heavy atom. The molecule has 2 N–H and O–H groups in total. The minimum atomic E-state index is -0.678. The van der Waals surface area contributed by atoms with E-state index < -0.39 is 11.6 Å². The van der Waals surface area contributed by atoms with Gasteiger partial charge in [0.2, 0.25) is 0 Å². The summed E-state index contributed by atoms with van der Waals surface area (Å²) in [5.74, 6) is -0.956. The van der Waals surface area contributed by atoms with E-state index in [9.17, 15) is 13.9 Å². The van der Waals surface area contributed by atoms with Gasteiger partial charge in [0.1, 0.15) is 11.6 Å². The predicted molar refractivity (Wildman–Crippen MR) is 76.0 cm³/mol. The number of benzene rings is 2. The molecule has 106 valence electrons. The fourth-order valence-electron chi connectivity index (χ4n) is 1.73. The number of aromatic hydroxyl groups is 1. The fraction of sp³-hybridized carbons (Fsp3) is 0.143. The summed E-state index contributed by atoms with van der Waals surface area (Å²) in [6.45, 7) is 0.303. The topological polar surface area (TPSA) is 41.5 Å². The Kier molecular flexibility index (Phi) is 4.44. The van der Waals surface area contributed by atoms with Crippen molar-refractivity contribution >= 4 is 21.6 Å². The third-order valence-electron chi connectivity index (χ3n) is 2.72. The Balaban J connectivity index is 2.17. The molecule has 3 nitrogen and oxygen atoms in total. The number of anilines is 1. The van der Waals surface area contributed by atoms with Crippen LogP contribution in [0.3, 0.4) is 0 Å². The van der Waals surface area contributed by atoms with Gasteiger partial charge in [-0.2, -0.15) is 0 Å². The highest BCUT2D eigenvalue weighted by atomic mass is 79.9. The van der Waals surface area contributed by atoms with E-state index in [1.54, 1.807) is 12.1 Å². The molecule has 2 rings (SSSR count). The lowest BCUT2D eigenvalue weighted by molar-refractivity contribution is 0.373. The van der Waals surface area contributed by atoms with Crippen LogP contribution < -0.4 is 10.1 Å². The van der Waals surface area contributed by atoms with Crippen molar-refractivity contribution in [1.82, 2.24) is 0 Å². The van der Waals surface area contributed by atoms with Crippen molar-refractivity contribution in [3.8, 4) is 11.5 Å². The molecule has 2 aromatic rings. The maximum atomic E-state index is 13.6. The summed E-state index contributed by atoms with van der Waals surface area (Å²) < 4.78 is 31.9. The standard InChI is InChI=1S/C14H12BrF2NO2/c1-20-13-4-8(2-3-12(13)19)7-18-14-10(15)5-9(16)6-11(14)17/h2-6,18-19H,7H2,1H3. The van der Waals surface area contributed by atoms with Crippen molar-refractivity contribution in [2.45, 2.75) is 6.54 Å². The van der Waals surface area contributed by atoms with Gasteiger partial charge in [-0.15, -0.1) is 0 Å². The van der Waals surface area contributed by atoms with Crippen LogP contribution in [0.5, 0.6) is 11.5 Å². The molecule has 2 aromatic carbocycles. The summed E-state index contributed by atoms with van der Waals surface area (Å²) in [6.07, 6.45) is 0. The van der Waals surface area contributed by atoms with Crippen molar-refractivity contribution in [1.29, 1.82) is 0 Å². The van der Waals surface area contributed by atoms with Gasteiger partial charge in [0.15, 0.2) is 11.5 Å². The summed E-state index contributed by atoms with van der Waals surface area (Å²) in [5, 5.41) is 12.4. The fourth-order valence-corrected chi connectivity index (χ4v) is 2.28. The molecule has 0 radical (unpaired) electrons. The molecule has 0 aliphatic carbocycles. The molecule has 0 saturated carbocycles. The summed E-state index contributed by atoms with van der Waals surface area (Å²) in [7, 11) is 1.45. The molecule has 20 heavy (non-hydrogen) atoms. The first kappa shape index (κ1) is 14.6. The molecule has 0 spiro atoms. The van der Waals surface area contributed by atoms with E-state index in [4.69, 9.17) is 4.74 Å². The lowest BCUT2D eigenvalue weighted by Crippen LogP contribution is -2.03. The minimum Gasteiger partial charge on any atom is -0.504 e. The van der Waals surface area contributed by atoms with E-state index in [-0.39, 0.29) is 11.4 Å². The smallest absolute Gasteiger partial charge is 0.160 e. The molecule has 6 heteroatoms. The second-order valence-corrected chi connectivity index (χ2v) is 4.96. The van der Waals surface area contributed by atoms with E-state index in [1.165, 1.54) is 19.2 Å². The molecule has 0 fully saturated rings. The number of phenols is 1. The number of hydrogen-bond acceptors (Lipinski definition) is 3. The number of rotatable bonds is 4. The molecule has 0 aliphatic heterocycles. The lowest BCUT2D eigenvalue weighted by Gasteiger charge is -2.11. The van der Waals surface area contributed by atoms with Gasteiger partial charge in [0, 0.05) is 17.1 Å². The molecular formula is C14H12BrF2NO2. The number of hydrogen-bond donors (Lipinski definition) is 2. The quantitative estimate of drug-likeness (QED) is 0.879. The average molecular weight is 344 g/mol. The molecule has 0 aromatic heterocycles. The Morgan fingerprint density at radius 2 is 2.00 bits per heavy atom. The highest BCUT2D eigenvalue weighted by molar-refractivity contribution is 9.10. The van der Waals surface area contributed by atoms with Crippen LogP contribution in [0.25, 0.3) is 0 Å². The van der Waals surface area contributed by atoms with E-state index in [2.05, 4.69) is 21.2 Å². The van der Waals surface area contributed by atoms with Crippen molar-refractivity contribution in [2.24, 2.45) is 0 Å². The number of nitrogens with one attached hydrogen (secondary N) is 1. The normalized spacial score (nSPS) is 10.4. The van der Waals surface area contributed by atoms with E-state index in [0.717, 1.165) is 11.6 Å². The Labute approximate surface area is 123 Å². The van der Waals surface area contributed by atoms with Gasteiger partial charge >= 0.3 is 0 Å². The summed E-state index contributed by atoms with van der Waals surface area (Å²) in [6, 6.07) is 6.80. The second-order valence-electron chi connectivity index (χ2n) is 4.10. The highest BCUT2D eigenvalue weighted by Crippen LogP contribution is 2.29. The van der Waals surface area contributed by atoms with Gasteiger partial charge in [0.05, 0.1) is 12.8 Å². The maximum absolute atomic E-state index is 13.6. The van der Waals surface area contributed by atoms with Crippen LogP contribution in [0, 0.1) is 11.6 Å². The summed E-state index contributed by atoms with van der Waals surface area (Å²) in [5.41, 5.74) is 0.966. The second kappa shape index (κ2) is 6.09. The first-order valence-corrected chi connectivity index (χ1v) is 6.55. The molecule has 0 atom stereocenters. The Hall–Kier alpha value is -1.82. The van der Waals surface area contributed by atoms with Gasteiger partial charge in [-0.1, -0.05) is 6.07 Å². The molecule has 0 unspecified atom stereocenters. The average Bonchev–Trinajstić information content (AvgIpc) is 2.39.